The minimum absolute atomic E-state index is 0.812. The second-order valence-electron chi connectivity index (χ2n) is 17.2. The van der Waals surface area contributed by atoms with Gasteiger partial charge in [0.15, 0.2) is 5.58 Å². The summed E-state index contributed by atoms with van der Waals surface area (Å²) in [6, 6.07) is 88.6. The van der Waals surface area contributed by atoms with Crippen molar-refractivity contribution in [1.29, 1.82) is 0 Å². The number of fused-ring (bicyclic) bond motifs is 7. The molecule has 0 saturated carbocycles. The van der Waals surface area contributed by atoms with E-state index < -0.39 is 0 Å². The van der Waals surface area contributed by atoms with Crippen LogP contribution in [0.4, 0.5) is 17.1 Å². The van der Waals surface area contributed by atoms with Crippen LogP contribution in [0.5, 0.6) is 0 Å². The van der Waals surface area contributed by atoms with Gasteiger partial charge in [0.05, 0.1) is 16.8 Å². The molecule has 0 aliphatic rings. The van der Waals surface area contributed by atoms with Crippen molar-refractivity contribution in [2.75, 3.05) is 4.90 Å². The number of hydrogen-bond donors (Lipinski definition) is 0. The fourth-order valence-electron chi connectivity index (χ4n) is 10.1. The Balaban J connectivity index is 1.06. The van der Waals surface area contributed by atoms with E-state index in [1.54, 1.807) is 0 Å². The number of furan rings is 2. The van der Waals surface area contributed by atoms with Gasteiger partial charge in [-0.05, 0) is 115 Å². The second kappa shape index (κ2) is 16.0. The molecule has 3 nitrogen and oxygen atoms in total. The summed E-state index contributed by atoms with van der Waals surface area (Å²) in [5.74, 6) is 0. The zero-order chi connectivity index (χ0) is 44.3. The number of rotatable bonds is 8. The molecule has 13 aromatic rings. The van der Waals surface area contributed by atoms with Crippen molar-refractivity contribution in [3.05, 3.63) is 249 Å². The van der Waals surface area contributed by atoms with Crippen LogP contribution in [-0.2, 0) is 0 Å². The van der Waals surface area contributed by atoms with Gasteiger partial charge < -0.3 is 13.7 Å². The van der Waals surface area contributed by atoms with Gasteiger partial charge in [-0.2, -0.15) is 0 Å². The molecule has 0 amide bonds. The number of benzene rings is 11. The van der Waals surface area contributed by atoms with Crippen molar-refractivity contribution in [2.45, 2.75) is 0 Å². The summed E-state index contributed by atoms with van der Waals surface area (Å²) < 4.78 is 14.1. The lowest BCUT2D eigenvalue weighted by Gasteiger charge is -2.27. The van der Waals surface area contributed by atoms with Crippen LogP contribution >= 0.6 is 0 Å². The first-order chi connectivity index (χ1) is 33.2. The smallest absolute Gasteiger partial charge is 0.159 e. The molecule has 314 valence electrons. The topological polar surface area (TPSA) is 29.5 Å². The van der Waals surface area contributed by atoms with E-state index in [4.69, 9.17) is 8.83 Å². The molecule has 2 aromatic heterocycles. The molecule has 0 N–H and O–H groups in total. The second-order valence-corrected chi connectivity index (χ2v) is 17.2. The first-order valence-corrected chi connectivity index (χ1v) is 22.8. The summed E-state index contributed by atoms with van der Waals surface area (Å²) in [6.07, 6.45) is 0. The first kappa shape index (κ1) is 38.5. The molecule has 0 fully saturated rings. The lowest BCUT2D eigenvalue weighted by atomic mass is 9.89. The van der Waals surface area contributed by atoms with Gasteiger partial charge in [-0.3, -0.25) is 0 Å². The van der Waals surface area contributed by atoms with Crippen molar-refractivity contribution >= 4 is 71.7 Å². The van der Waals surface area contributed by atoms with Gasteiger partial charge in [-0.1, -0.05) is 194 Å². The predicted molar refractivity (Wildman–Crippen MR) is 280 cm³/mol. The van der Waals surface area contributed by atoms with Gasteiger partial charge in [0.1, 0.15) is 16.7 Å². The van der Waals surface area contributed by atoms with Crippen molar-refractivity contribution in [3.63, 3.8) is 0 Å². The fourth-order valence-corrected chi connectivity index (χ4v) is 10.1. The Morgan fingerprint density at radius 3 is 1.49 bits per heavy atom. The number of nitrogens with zero attached hydrogens (tertiary/aromatic N) is 1. The van der Waals surface area contributed by atoms with E-state index in [0.29, 0.717) is 0 Å². The van der Waals surface area contributed by atoms with E-state index in [2.05, 4.69) is 254 Å². The quantitative estimate of drug-likeness (QED) is 0.152. The van der Waals surface area contributed by atoms with Crippen LogP contribution in [0.15, 0.2) is 258 Å². The highest BCUT2D eigenvalue weighted by atomic mass is 16.3. The van der Waals surface area contributed by atoms with E-state index >= 15 is 0 Å². The monoisotopic (exact) mass is 855 g/mol. The summed E-state index contributed by atoms with van der Waals surface area (Å²) in [7, 11) is 0. The molecular weight excluding hydrogens is 815 g/mol. The van der Waals surface area contributed by atoms with Crippen molar-refractivity contribution in [3.8, 4) is 55.6 Å². The van der Waals surface area contributed by atoms with Gasteiger partial charge in [0.25, 0.3) is 0 Å². The third kappa shape index (κ3) is 6.59. The standard InChI is InChI=1S/C64H41NO2/c1-5-16-42(17-6-1)48-31-36-54-55-26-15-27-58(63(55)66-59(54)40-48)65(50-33-28-46(29-34-50)52-35-30-45-22-13-14-25-51(45)61(52)47-23-11-4-12-24-47)57-39-38-53(44-20-9-3-10-21-44)64-62(57)56-37-32-49(41-60(56)67-64)43-18-7-2-8-19-43/h1-41H. The Labute approximate surface area is 388 Å². The van der Waals surface area contributed by atoms with Crippen LogP contribution in [0.2, 0.25) is 0 Å². The molecule has 0 aliphatic carbocycles. The van der Waals surface area contributed by atoms with Crippen LogP contribution in [0.1, 0.15) is 0 Å². The highest BCUT2D eigenvalue weighted by Crippen LogP contribution is 2.50. The summed E-state index contributed by atoms with van der Waals surface area (Å²) in [5.41, 5.74) is 17.6. The van der Waals surface area contributed by atoms with Crippen molar-refractivity contribution in [1.82, 2.24) is 0 Å². The average Bonchev–Trinajstić information content (AvgIpc) is 3.98. The predicted octanol–water partition coefficient (Wildman–Crippen LogP) is 18.4. The molecule has 67 heavy (non-hydrogen) atoms. The lowest BCUT2D eigenvalue weighted by molar-refractivity contribution is 0.668. The third-order valence-corrected chi connectivity index (χ3v) is 13.3. The molecule has 0 aliphatic heterocycles. The SMILES string of the molecule is c1ccc(-c2ccc3c(c2)oc2c(N(c4ccc(-c5ccc6ccccc6c5-c5ccccc5)cc4)c4ccc(-c5ccccc5)c5oc6cc(-c7ccccc7)ccc6c45)cccc23)cc1. The molecule has 0 saturated heterocycles. The van der Waals surface area contributed by atoms with E-state index in [1.165, 1.54) is 27.5 Å². The highest BCUT2D eigenvalue weighted by molar-refractivity contribution is 6.19. The summed E-state index contributed by atoms with van der Waals surface area (Å²) in [6.45, 7) is 0. The van der Waals surface area contributed by atoms with Crippen molar-refractivity contribution in [2.24, 2.45) is 0 Å². The maximum absolute atomic E-state index is 7.07. The van der Waals surface area contributed by atoms with Crippen LogP contribution < -0.4 is 4.90 Å². The molecule has 3 heteroatoms. The van der Waals surface area contributed by atoms with E-state index in [9.17, 15) is 0 Å². The molecule has 11 aromatic carbocycles. The van der Waals surface area contributed by atoms with Crippen LogP contribution in [0, 0.1) is 0 Å². The van der Waals surface area contributed by atoms with Gasteiger partial charge in [-0.15, -0.1) is 0 Å². The Morgan fingerprint density at radius 1 is 0.284 bits per heavy atom. The first-order valence-electron chi connectivity index (χ1n) is 22.8. The Hall–Kier alpha value is -8.92. The third-order valence-electron chi connectivity index (χ3n) is 13.3. The molecule has 0 unspecified atom stereocenters. The molecule has 0 radical (unpaired) electrons. The zero-order valence-electron chi connectivity index (χ0n) is 36.4. The number of hydrogen-bond acceptors (Lipinski definition) is 3. The molecule has 0 spiro atoms. The zero-order valence-corrected chi connectivity index (χ0v) is 36.4. The summed E-state index contributed by atoms with van der Waals surface area (Å²) >= 11 is 0. The number of para-hydroxylation sites is 1. The van der Waals surface area contributed by atoms with E-state index in [0.717, 1.165) is 99.9 Å². The van der Waals surface area contributed by atoms with E-state index in [1.807, 2.05) is 0 Å². The fraction of sp³-hybridized carbons (Fsp3) is 0. The molecular formula is C64H41NO2. The van der Waals surface area contributed by atoms with Gasteiger partial charge >= 0.3 is 0 Å². The van der Waals surface area contributed by atoms with Crippen LogP contribution in [0.25, 0.3) is 110 Å². The molecule has 2 heterocycles. The normalized spacial score (nSPS) is 11.6. The lowest BCUT2D eigenvalue weighted by Crippen LogP contribution is -2.11. The largest absolute Gasteiger partial charge is 0.455 e. The Bertz CT molecular complexity index is 3950. The molecule has 0 bridgehead atoms. The molecule has 13 rings (SSSR count). The average molecular weight is 856 g/mol. The van der Waals surface area contributed by atoms with E-state index in [-0.39, 0.29) is 0 Å². The minimum Gasteiger partial charge on any atom is -0.455 e. The van der Waals surface area contributed by atoms with Crippen LogP contribution in [0.3, 0.4) is 0 Å². The van der Waals surface area contributed by atoms with Crippen LogP contribution in [-0.4, -0.2) is 0 Å². The highest BCUT2D eigenvalue weighted by Gasteiger charge is 2.26. The maximum Gasteiger partial charge on any atom is 0.159 e. The van der Waals surface area contributed by atoms with Crippen molar-refractivity contribution < 1.29 is 8.83 Å². The number of anilines is 3. The van der Waals surface area contributed by atoms with Gasteiger partial charge in [0, 0.05) is 27.4 Å². The summed E-state index contributed by atoms with van der Waals surface area (Å²) in [5, 5.41) is 6.64. The molecule has 0 atom stereocenters. The maximum atomic E-state index is 7.07. The summed E-state index contributed by atoms with van der Waals surface area (Å²) in [4.78, 5) is 2.36. The Morgan fingerprint density at radius 2 is 0.806 bits per heavy atom. The minimum atomic E-state index is 0.812. The Kier molecular flexibility index (Phi) is 9.17. The van der Waals surface area contributed by atoms with Gasteiger partial charge in [-0.25, -0.2) is 0 Å². The van der Waals surface area contributed by atoms with Gasteiger partial charge in [0.2, 0.25) is 0 Å².